The van der Waals surface area contributed by atoms with Gasteiger partial charge in [-0.05, 0) is 48.6 Å². The van der Waals surface area contributed by atoms with Crippen LogP contribution in [0, 0.1) is 5.92 Å². The van der Waals surface area contributed by atoms with Crippen molar-refractivity contribution in [1.82, 2.24) is 9.88 Å². The third kappa shape index (κ3) is 5.03. The van der Waals surface area contributed by atoms with E-state index in [4.69, 9.17) is 11.6 Å². The van der Waals surface area contributed by atoms with Gasteiger partial charge in [-0.1, -0.05) is 29.8 Å². The number of benzene rings is 1. The van der Waals surface area contributed by atoms with Gasteiger partial charge in [-0.3, -0.25) is 9.78 Å². The molecule has 1 N–H and O–H groups in total. The highest BCUT2D eigenvalue weighted by Gasteiger charge is 2.30. The summed E-state index contributed by atoms with van der Waals surface area (Å²) in [6.07, 6.45) is 5.75. The van der Waals surface area contributed by atoms with Gasteiger partial charge in [-0.2, -0.15) is 0 Å². The van der Waals surface area contributed by atoms with Crippen molar-refractivity contribution < 1.29 is 9.90 Å². The number of hydrogen-bond donors (Lipinski definition) is 1. The van der Waals surface area contributed by atoms with Crippen LogP contribution in [0.2, 0.25) is 5.02 Å². The average molecular weight is 359 g/mol. The van der Waals surface area contributed by atoms with Crippen LogP contribution in [0.25, 0.3) is 0 Å². The molecule has 1 saturated heterocycles. The van der Waals surface area contributed by atoms with E-state index in [0.717, 1.165) is 17.5 Å². The van der Waals surface area contributed by atoms with Gasteiger partial charge in [0.05, 0.1) is 6.10 Å². The van der Waals surface area contributed by atoms with Crippen LogP contribution in [-0.2, 0) is 17.6 Å². The highest BCUT2D eigenvalue weighted by molar-refractivity contribution is 6.30. The molecule has 0 spiro atoms. The van der Waals surface area contributed by atoms with Crippen molar-refractivity contribution in [2.75, 3.05) is 13.1 Å². The molecule has 1 amide bonds. The van der Waals surface area contributed by atoms with Gasteiger partial charge >= 0.3 is 0 Å². The number of piperidine rings is 1. The number of pyridine rings is 1. The number of likely N-dealkylation sites (tertiary alicyclic amines) is 1. The van der Waals surface area contributed by atoms with Gasteiger partial charge in [0.15, 0.2) is 0 Å². The van der Waals surface area contributed by atoms with Crippen LogP contribution in [0.4, 0.5) is 0 Å². The summed E-state index contributed by atoms with van der Waals surface area (Å²) in [6.45, 7) is 1.24. The number of carbonyl (C=O) groups is 1. The van der Waals surface area contributed by atoms with Crippen molar-refractivity contribution in [2.45, 2.75) is 31.8 Å². The molecular formula is C20H23ClN2O2. The van der Waals surface area contributed by atoms with Crippen LogP contribution in [0.15, 0.2) is 48.8 Å². The zero-order valence-corrected chi connectivity index (χ0v) is 14.9. The van der Waals surface area contributed by atoms with E-state index in [9.17, 15) is 9.90 Å². The van der Waals surface area contributed by atoms with Crippen molar-refractivity contribution in [1.29, 1.82) is 0 Å². The standard InChI is InChI=1S/C20H23ClN2O2/c21-18-6-3-15(4-7-18)12-17-14-23(11-9-19(17)24)20(25)8-5-16-2-1-10-22-13-16/h1-4,6-7,10,13,17,19,24H,5,8-9,11-12,14H2/t17-,19-/m1/s1. The van der Waals surface area contributed by atoms with E-state index in [1.54, 1.807) is 12.4 Å². The highest BCUT2D eigenvalue weighted by atomic mass is 35.5. The molecule has 5 heteroatoms. The van der Waals surface area contributed by atoms with E-state index < -0.39 is 0 Å². The maximum absolute atomic E-state index is 12.5. The first-order valence-electron chi connectivity index (χ1n) is 8.71. The molecule has 2 aromatic rings. The van der Waals surface area contributed by atoms with Crippen LogP contribution in [0.5, 0.6) is 0 Å². The Morgan fingerprint density at radius 1 is 1.24 bits per heavy atom. The van der Waals surface area contributed by atoms with Gasteiger partial charge in [-0.25, -0.2) is 0 Å². The van der Waals surface area contributed by atoms with E-state index >= 15 is 0 Å². The van der Waals surface area contributed by atoms with Gasteiger partial charge in [0.1, 0.15) is 0 Å². The minimum absolute atomic E-state index is 0.0669. The summed E-state index contributed by atoms with van der Waals surface area (Å²) in [5.41, 5.74) is 2.21. The minimum Gasteiger partial charge on any atom is -0.393 e. The molecule has 2 heterocycles. The number of aryl methyl sites for hydroxylation is 1. The summed E-state index contributed by atoms with van der Waals surface area (Å²) < 4.78 is 0. The molecule has 1 fully saturated rings. The van der Waals surface area contributed by atoms with Gasteiger partial charge < -0.3 is 10.0 Å². The molecule has 0 radical (unpaired) electrons. The Labute approximate surface area is 153 Å². The van der Waals surface area contributed by atoms with Crippen molar-refractivity contribution in [2.24, 2.45) is 5.92 Å². The monoisotopic (exact) mass is 358 g/mol. The second-order valence-electron chi connectivity index (χ2n) is 6.65. The molecule has 0 aliphatic carbocycles. The molecule has 0 saturated carbocycles. The quantitative estimate of drug-likeness (QED) is 0.893. The summed E-state index contributed by atoms with van der Waals surface area (Å²) in [4.78, 5) is 18.5. The molecule has 132 valence electrons. The Morgan fingerprint density at radius 3 is 2.76 bits per heavy atom. The second kappa shape index (κ2) is 8.45. The van der Waals surface area contributed by atoms with Crippen molar-refractivity contribution >= 4 is 17.5 Å². The number of nitrogens with zero attached hydrogens (tertiary/aromatic N) is 2. The first-order valence-corrected chi connectivity index (χ1v) is 9.09. The summed E-state index contributed by atoms with van der Waals surface area (Å²) >= 11 is 5.93. The van der Waals surface area contributed by atoms with Crippen LogP contribution in [0.1, 0.15) is 24.0 Å². The molecule has 0 bridgehead atoms. The molecule has 2 atom stereocenters. The zero-order valence-electron chi connectivity index (χ0n) is 14.1. The Hall–Kier alpha value is -1.91. The fraction of sp³-hybridized carbons (Fsp3) is 0.400. The lowest BCUT2D eigenvalue weighted by atomic mass is 9.88. The smallest absolute Gasteiger partial charge is 0.222 e. The number of carbonyl (C=O) groups excluding carboxylic acids is 1. The number of rotatable bonds is 5. The molecule has 1 aliphatic rings. The Balaban J connectivity index is 1.55. The molecule has 4 nitrogen and oxygen atoms in total. The van der Waals surface area contributed by atoms with E-state index in [1.165, 1.54) is 0 Å². The first kappa shape index (κ1) is 17.9. The lowest BCUT2D eigenvalue weighted by molar-refractivity contribution is -0.134. The molecule has 1 aliphatic heterocycles. The van der Waals surface area contributed by atoms with E-state index in [2.05, 4.69) is 4.98 Å². The van der Waals surface area contributed by atoms with Crippen LogP contribution < -0.4 is 0 Å². The lowest BCUT2D eigenvalue weighted by Crippen LogP contribution is -2.46. The molecule has 25 heavy (non-hydrogen) atoms. The Morgan fingerprint density at radius 2 is 2.04 bits per heavy atom. The number of aliphatic hydroxyl groups is 1. The molecule has 0 unspecified atom stereocenters. The maximum Gasteiger partial charge on any atom is 0.222 e. The molecule has 1 aromatic carbocycles. The third-order valence-corrected chi connectivity index (χ3v) is 5.06. The summed E-state index contributed by atoms with van der Waals surface area (Å²) in [5.74, 6) is 0.217. The topological polar surface area (TPSA) is 53.4 Å². The van der Waals surface area contributed by atoms with E-state index in [1.807, 2.05) is 41.3 Å². The number of aliphatic hydroxyl groups excluding tert-OH is 1. The van der Waals surface area contributed by atoms with Crippen molar-refractivity contribution in [3.63, 3.8) is 0 Å². The largest absolute Gasteiger partial charge is 0.393 e. The van der Waals surface area contributed by atoms with Crippen LogP contribution >= 0.6 is 11.6 Å². The first-order chi connectivity index (χ1) is 12.1. The minimum atomic E-state index is -0.363. The molecular weight excluding hydrogens is 336 g/mol. The SMILES string of the molecule is O=C(CCc1cccnc1)N1CC[C@@H](O)[C@H](Cc2ccc(Cl)cc2)C1. The van der Waals surface area contributed by atoms with Crippen LogP contribution in [0.3, 0.4) is 0 Å². The second-order valence-corrected chi connectivity index (χ2v) is 7.08. The lowest BCUT2D eigenvalue weighted by Gasteiger charge is -2.36. The predicted molar refractivity (Wildman–Crippen MR) is 98.4 cm³/mol. The van der Waals surface area contributed by atoms with Crippen molar-refractivity contribution in [3.8, 4) is 0 Å². The fourth-order valence-corrected chi connectivity index (χ4v) is 3.45. The summed E-state index contributed by atoms with van der Waals surface area (Å²) in [5, 5.41) is 11.0. The summed E-state index contributed by atoms with van der Waals surface area (Å²) in [7, 11) is 0. The van der Waals surface area contributed by atoms with Crippen molar-refractivity contribution in [3.05, 3.63) is 64.9 Å². The predicted octanol–water partition coefficient (Wildman–Crippen LogP) is 3.12. The fourth-order valence-electron chi connectivity index (χ4n) is 3.33. The summed E-state index contributed by atoms with van der Waals surface area (Å²) in [6, 6.07) is 11.6. The van der Waals surface area contributed by atoms with Gasteiger partial charge in [0, 0.05) is 42.8 Å². The number of halogens is 1. The number of amides is 1. The number of aromatic nitrogens is 1. The third-order valence-electron chi connectivity index (χ3n) is 4.81. The maximum atomic E-state index is 12.5. The zero-order chi connectivity index (χ0) is 17.6. The average Bonchev–Trinajstić information content (AvgIpc) is 2.64. The van der Waals surface area contributed by atoms with Crippen LogP contribution in [-0.4, -0.2) is 40.1 Å². The highest BCUT2D eigenvalue weighted by Crippen LogP contribution is 2.23. The van der Waals surface area contributed by atoms with E-state index in [-0.39, 0.29) is 17.9 Å². The van der Waals surface area contributed by atoms with Gasteiger partial charge in [0.2, 0.25) is 5.91 Å². The van der Waals surface area contributed by atoms with Gasteiger partial charge in [0.25, 0.3) is 0 Å². The Bertz CT molecular complexity index is 691. The normalized spacial score (nSPS) is 20.5. The van der Waals surface area contributed by atoms with E-state index in [0.29, 0.717) is 37.4 Å². The molecule has 3 rings (SSSR count). The molecule has 1 aromatic heterocycles. The Kier molecular flexibility index (Phi) is 6.05. The van der Waals surface area contributed by atoms with Gasteiger partial charge in [-0.15, -0.1) is 0 Å². The number of hydrogen-bond acceptors (Lipinski definition) is 3.